The molecule has 1 aromatic carbocycles. The molecule has 3 rings (SSSR count). The van der Waals surface area contributed by atoms with Crippen LogP contribution in [0.5, 0.6) is 5.75 Å². The van der Waals surface area contributed by atoms with Gasteiger partial charge in [0.1, 0.15) is 11.8 Å². The van der Waals surface area contributed by atoms with Crippen LogP contribution in [0.15, 0.2) is 18.2 Å². The molecule has 3 unspecified atom stereocenters. The maximum absolute atomic E-state index is 13.3. The average molecular weight is 515 g/mol. The standard InChI is InChI=1S/C27H35ClN4O4/c1-26(2,3)12-16(24(34)30-18(14-29)7-15-13-27(4,5)32-25(15)35)8-22(33)21-11-19-20(31-21)9-17(28)10-23(19)36-6/h9-11,15-16,18,31H,7-8,12-13H2,1-6H3,(H,30,34)(H,32,35). The smallest absolute Gasteiger partial charge is 0.224 e. The van der Waals surface area contributed by atoms with E-state index in [9.17, 15) is 19.6 Å². The number of nitriles is 1. The number of benzene rings is 1. The van der Waals surface area contributed by atoms with Crippen LogP contribution in [0.25, 0.3) is 10.9 Å². The molecule has 194 valence electrons. The van der Waals surface area contributed by atoms with Crippen LogP contribution in [0.1, 0.15) is 70.8 Å². The number of nitrogens with zero attached hydrogens (tertiary/aromatic N) is 1. The third-order valence-corrected chi connectivity index (χ3v) is 6.65. The van der Waals surface area contributed by atoms with Gasteiger partial charge in [0.15, 0.2) is 5.78 Å². The number of hydrogen-bond acceptors (Lipinski definition) is 5. The van der Waals surface area contributed by atoms with Crippen molar-refractivity contribution in [1.82, 2.24) is 15.6 Å². The summed E-state index contributed by atoms with van der Waals surface area (Å²) < 4.78 is 5.38. The first kappa shape index (κ1) is 27.5. The van der Waals surface area contributed by atoms with E-state index < -0.39 is 12.0 Å². The largest absolute Gasteiger partial charge is 0.496 e. The highest BCUT2D eigenvalue weighted by molar-refractivity contribution is 6.31. The van der Waals surface area contributed by atoms with Crippen molar-refractivity contribution in [2.45, 2.75) is 71.9 Å². The molecular weight excluding hydrogens is 480 g/mol. The minimum absolute atomic E-state index is 0.0267. The number of carbonyl (C=O) groups is 3. The van der Waals surface area contributed by atoms with Crippen molar-refractivity contribution < 1.29 is 19.1 Å². The van der Waals surface area contributed by atoms with Crippen LogP contribution in [0.2, 0.25) is 5.02 Å². The number of ketones is 1. The molecule has 0 radical (unpaired) electrons. The highest BCUT2D eigenvalue weighted by Crippen LogP contribution is 2.33. The van der Waals surface area contributed by atoms with E-state index in [1.807, 2.05) is 34.6 Å². The van der Waals surface area contributed by atoms with Crippen molar-refractivity contribution in [2.24, 2.45) is 17.3 Å². The molecule has 0 saturated carbocycles. The van der Waals surface area contributed by atoms with Gasteiger partial charge in [0.05, 0.1) is 24.4 Å². The van der Waals surface area contributed by atoms with Gasteiger partial charge in [-0.25, -0.2) is 0 Å². The van der Waals surface area contributed by atoms with E-state index in [-0.39, 0.29) is 47.3 Å². The molecule has 3 atom stereocenters. The van der Waals surface area contributed by atoms with Crippen molar-refractivity contribution in [2.75, 3.05) is 7.11 Å². The van der Waals surface area contributed by atoms with Crippen LogP contribution in [-0.4, -0.2) is 41.3 Å². The first-order valence-corrected chi connectivity index (χ1v) is 12.5. The fraction of sp³-hybridized carbons (Fsp3) is 0.556. The van der Waals surface area contributed by atoms with E-state index in [0.717, 1.165) is 5.39 Å². The normalized spacial score (nSPS) is 18.8. The Hall–Kier alpha value is -3.05. The SMILES string of the molecule is COc1cc(Cl)cc2[nH]c(C(=O)CC(CC(C)(C)C)C(=O)NC(C#N)CC3CC(C)(C)NC3=O)cc12. The Bertz CT molecular complexity index is 1200. The first-order chi connectivity index (χ1) is 16.7. The number of fused-ring (bicyclic) bond motifs is 1. The minimum Gasteiger partial charge on any atom is -0.496 e. The van der Waals surface area contributed by atoms with Gasteiger partial charge in [0.2, 0.25) is 11.8 Å². The topological polar surface area (TPSA) is 124 Å². The molecule has 1 aromatic heterocycles. The number of H-pyrrole nitrogens is 1. The van der Waals surface area contributed by atoms with Crippen LogP contribution in [-0.2, 0) is 9.59 Å². The summed E-state index contributed by atoms with van der Waals surface area (Å²) in [5, 5.41) is 16.6. The van der Waals surface area contributed by atoms with Crippen LogP contribution in [0, 0.1) is 28.6 Å². The second-order valence-electron chi connectivity index (χ2n) is 11.5. The predicted molar refractivity (Wildman–Crippen MR) is 139 cm³/mol. The van der Waals surface area contributed by atoms with E-state index in [0.29, 0.717) is 34.8 Å². The summed E-state index contributed by atoms with van der Waals surface area (Å²) in [4.78, 5) is 41.9. The van der Waals surface area contributed by atoms with Gasteiger partial charge in [0.25, 0.3) is 0 Å². The molecule has 0 aliphatic carbocycles. The second kappa shape index (κ2) is 10.5. The average Bonchev–Trinajstić information content (AvgIpc) is 3.30. The first-order valence-electron chi connectivity index (χ1n) is 12.1. The molecule has 1 aliphatic heterocycles. The summed E-state index contributed by atoms with van der Waals surface area (Å²) in [5.41, 5.74) is 0.469. The lowest BCUT2D eigenvalue weighted by molar-refractivity contribution is -0.127. The zero-order chi connectivity index (χ0) is 26.8. The number of rotatable bonds is 9. The molecule has 8 nitrogen and oxygen atoms in total. The molecule has 2 aromatic rings. The van der Waals surface area contributed by atoms with E-state index in [4.69, 9.17) is 16.3 Å². The van der Waals surface area contributed by atoms with Crippen molar-refractivity contribution in [3.63, 3.8) is 0 Å². The number of methoxy groups -OCH3 is 1. The monoisotopic (exact) mass is 514 g/mol. The molecule has 3 N–H and O–H groups in total. The second-order valence-corrected chi connectivity index (χ2v) is 12.0. The molecule has 0 spiro atoms. The maximum Gasteiger partial charge on any atom is 0.224 e. The van der Waals surface area contributed by atoms with Gasteiger partial charge in [-0.15, -0.1) is 0 Å². The molecule has 9 heteroatoms. The molecular formula is C27H35ClN4O4. The van der Waals surface area contributed by atoms with Crippen molar-refractivity contribution in [3.05, 3.63) is 28.9 Å². The number of aromatic nitrogens is 1. The van der Waals surface area contributed by atoms with Crippen LogP contribution in [0.3, 0.4) is 0 Å². The van der Waals surface area contributed by atoms with Gasteiger partial charge < -0.3 is 20.4 Å². The van der Waals surface area contributed by atoms with E-state index >= 15 is 0 Å². The number of hydrogen-bond donors (Lipinski definition) is 3. The zero-order valence-electron chi connectivity index (χ0n) is 21.8. The van der Waals surface area contributed by atoms with Gasteiger partial charge in [-0.2, -0.15) is 5.26 Å². The number of carbonyl (C=O) groups excluding carboxylic acids is 3. The predicted octanol–water partition coefficient (Wildman–Crippen LogP) is 4.77. The Kier molecular flexibility index (Phi) is 8.04. The Labute approximate surface area is 217 Å². The third kappa shape index (κ3) is 6.79. The van der Waals surface area contributed by atoms with Gasteiger partial charge in [0, 0.05) is 34.2 Å². The summed E-state index contributed by atoms with van der Waals surface area (Å²) in [6.07, 6.45) is 1.25. The van der Waals surface area contributed by atoms with Gasteiger partial charge in [-0.05, 0) is 56.7 Å². The lowest BCUT2D eigenvalue weighted by Crippen LogP contribution is -2.41. The highest BCUT2D eigenvalue weighted by atomic mass is 35.5. The van der Waals surface area contributed by atoms with E-state index in [1.165, 1.54) is 7.11 Å². The molecule has 1 aliphatic rings. The molecule has 1 saturated heterocycles. The number of aromatic amines is 1. The Balaban J connectivity index is 1.76. The number of Topliss-reactive ketones (excluding diaryl/α,β-unsaturated/α-hetero) is 1. The summed E-state index contributed by atoms with van der Waals surface area (Å²) in [6, 6.07) is 6.39. The van der Waals surface area contributed by atoms with Crippen LogP contribution in [0.4, 0.5) is 0 Å². The Morgan fingerprint density at radius 1 is 1.31 bits per heavy atom. The molecule has 2 heterocycles. The summed E-state index contributed by atoms with van der Waals surface area (Å²) in [7, 11) is 1.53. The summed E-state index contributed by atoms with van der Waals surface area (Å²) in [5.74, 6) is -1.13. The molecule has 0 bridgehead atoms. The molecule has 36 heavy (non-hydrogen) atoms. The zero-order valence-corrected chi connectivity index (χ0v) is 22.5. The van der Waals surface area contributed by atoms with Gasteiger partial charge in [-0.3, -0.25) is 14.4 Å². The third-order valence-electron chi connectivity index (χ3n) is 6.43. The van der Waals surface area contributed by atoms with E-state index in [1.54, 1.807) is 18.2 Å². The van der Waals surface area contributed by atoms with Gasteiger partial charge >= 0.3 is 0 Å². The molecule has 1 fully saturated rings. The summed E-state index contributed by atoms with van der Waals surface area (Å²) in [6.45, 7) is 9.87. The van der Waals surface area contributed by atoms with Crippen LogP contribution >= 0.6 is 11.6 Å². The lowest BCUT2D eigenvalue weighted by atomic mass is 9.81. The minimum atomic E-state index is -0.820. The van der Waals surface area contributed by atoms with Crippen molar-refractivity contribution in [3.8, 4) is 11.8 Å². The number of nitrogens with one attached hydrogen (secondary N) is 3. The Morgan fingerprint density at radius 2 is 2.00 bits per heavy atom. The fourth-order valence-corrected chi connectivity index (χ4v) is 5.13. The Morgan fingerprint density at radius 3 is 2.56 bits per heavy atom. The quantitative estimate of drug-likeness (QED) is 0.416. The van der Waals surface area contributed by atoms with Crippen molar-refractivity contribution in [1.29, 1.82) is 5.26 Å². The maximum atomic E-state index is 13.3. The number of ether oxygens (including phenoxy) is 1. The van der Waals surface area contributed by atoms with E-state index in [2.05, 4.69) is 21.7 Å². The number of halogens is 1. The van der Waals surface area contributed by atoms with Gasteiger partial charge in [-0.1, -0.05) is 32.4 Å². The number of amides is 2. The highest BCUT2D eigenvalue weighted by Gasteiger charge is 2.39. The van der Waals surface area contributed by atoms with Crippen LogP contribution < -0.4 is 15.4 Å². The molecule has 2 amide bonds. The fourth-order valence-electron chi connectivity index (χ4n) is 4.92. The summed E-state index contributed by atoms with van der Waals surface area (Å²) >= 11 is 6.15. The van der Waals surface area contributed by atoms with Crippen molar-refractivity contribution >= 4 is 40.1 Å². The lowest BCUT2D eigenvalue weighted by Gasteiger charge is -2.26.